The molecule has 23 heavy (non-hydrogen) atoms. The van der Waals surface area contributed by atoms with Crippen LogP contribution in [0.2, 0.25) is 0 Å². The molecule has 1 aromatic heterocycles. The van der Waals surface area contributed by atoms with Crippen molar-refractivity contribution in [3.05, 3.63) is 48.4 Å². The van der Waals surface area contributed by atoms with Gasteiger partial charge in [-0.2, -0.15) is 0 Å². The molecule has 1 atom stereocenters. The summed E-state index contributed by atoms with van der Waals surface area (Å²) in [4.78, 5) is 14.6. The van der Waals surface area contributed by atoms with Gasteiger partial charge in [0.25, 0.3) is 5.91 Å². The molecule has 0 saturated heterocycles. The summed E-state index contributed by atoms with van der Waals surface area (Å²) in [5.74, 6) is 1.26. The minimum atomic E-state index is -0.603. The first-order valence-electron chi connectivity index (χ1n) is 7.96. The van der Waals surface area contributed by atoms with Crippen molar-refractivity contribution < 1.29 is 18.7 Å². The van der Waals surface area contributed by atoms with Gasteiger partial charge < -0.3 is 18.8 Å². The highest BCUT2D eigenvalue weighted by molar-refractivity contribution is 5.82. The van der Waals surface area contributed by atoms with Gasteiger partial charge in [-0.05, 0) is 24.6 Å². The molecule has 0 unspecified atom stereocenters. The molecule has 122 valence electrons. The number of nitrogens with zero attached hydrogens (tertiary/aromatic N) is 1. The second kappa shape index (κ2) is 7.22. The third-order valence-corrected chi connectivity index (χ3v) is 3.83. The lowest BCUT2D eigenvalue weighted by Gasteiger charge is -2.30. The van der Waals surface area contributed by atoms with Crippen LogP contribution in [-0.2, 0) is 11.3 Å². The maximum Gasteiger partial charge on any atom is 0.267 e. The minimum Gasteiger partial charge on any atom is -0.485 e. The minimum absolute atomic E-state index is 0.0471. The van der Waals surface area contributed by atoms with Crippen LogP contribution in [0.3, 0.4) is 0 Å². The number of rotatable bonds is 6. The summed E-state index contributed by atoms with van der Waals surface area (Å²) in [5, 5.41) is 0. The summed E-state index contributed by atoms with van der Waals surface area (Å²) in [5.41, 5.74) is 0.978. The lowest BCUT2D eigenvalue weighted by Crippen LogP contribution is -2.46. The van der Waals surface area contributed by atoms with Crippen LogP contribution in [-0.4, -0.2) is 30.1 Å². The second-order valence-corrected chi connectivity index (χ2v) is 5.61. The molecular formula is C18H21NO4. The van der Waals surface area contributed by atoms with Gasteiger partial charge >= 0.3 is 0 Å². The van der Waals surface area contributed by atoms with Crippen LogP contribution < -0.4 is 9.47 Å². The van der Waals surface area contributed by atoms with E-state index >= 15 is 0 Å². The molecule has 2 aromatic rings. The number of hydrogen-bond acceptors (Lipinski definition) is 4. The molecule has 5 heteroatoms. The fourth-order valence-corrected chi connectivity index (χ4v) is 2.56. The highest BCUT2D eigenvalue weighted by Gasteiger charge is 2.31. The Bertz CT molecular complexity index is 638. The number of amides is 1. The van der Waals surface area contributed by atoms with Gasteiger partial charge in [0.05, 0.1) is 12.5 Å². The van der Waals surface area contributed by atoms with E-state index in [1.165, 1.54) is 0 Å². The van der Waals surface area contributed by atoms with E-state index in [1.807, 2.05) is 35.2 Å². The smallest absolute Gasteiger partial charge is 0.267 e. The lowest BCUT2D eigenvalue weighted by atomic mass is 10.2. The van der Waals surface area contributed by atoms with Crippen molar-refractivity contribution in [1.29, 1.82) is 0 Å². The van der Waals surface area contributed by atoms with Crippen LogP contribution in [0, 0.1) is 0 Å². The predicted molar refractivity (Wildman–Crippen MR) is 85.4 cm³/mol. The Morgan fingerprint density at radius 1 is 1.26 bits per heavy atom. The molecule has 1 aromatic carbocycles. The number of carbonyl (C=O) groups excluding carboxylic acids is 1. The Labute approximate surface area is 135 Å². The van der Waals surface area contributed by atoms with Crippen molar-refractivity contribution in [3.8, 4) is 11.5 Å². The first-order chi connectivity index (χ1) is 11.3. The van der Waals surface area contributed by atoms with Gasteiger partial charge in [0.2, 0.25) is 6.10 Å². The van der Waals surface area contributed by atoms with Crippen molar-refractivity contribution in [2.24, 2.45) is 0 Å². The van der Waals surface area contributed by atoms with Crippen LogP contribution in [0.25, 0.3) is 0 Å². The summed E-state index contributed by atoms with van der Waals surface area (Å²) in [6.07, 6.45) is 4.66. The number of benzene rings is 1. The number of para-hydroxylation sites is 2. The first kappa shape index (κ1) is 15.5. The molecule has 3 rings (SSSR count). The summed E-state index contributed by atoms with van der Waals surface area (Å²) in [6.45, 7) is 3.57. The number of hydrogen-bond donors (Lipinski definition) is 0. The second-order valence-electron chi connectivity index (χ2n) is 5.61. The van der Waals surface area contributed by atoms with Gasteiger partial charge in [-0.15, -0.1) is 0 Å². The van der Waals surface area contributed by atoms with E-state index in [0.717, 1.165) is 18.4 Å². The van der Waals surface area contributed by atoms with Crippen LogP contribution in [0.4, 0.5) is 0 Å². The van der Waals surface area contributed by atoms with Crippen LogP contribution in [0.5, 0.6) is 11.5 Å². The van der Waals surface area contributed by atoms with Gasteiger partial charge in [0.1, 0.15) is 6.61 Å². The zero-order chi connectivity index (χ0) is 16.1. The van der Waals surface area contributed by atoms with Crippen molar-refractivity contribution in [2.45, 2.75) is 32.4 Å². The van der Waals surface area contributed by atoms with Crippen LogP contribution in [0.1, 0.15) is 25.3 Å². The molecule has 0 radical (unpaired) electrons. The SMILES string of the molecule is CCCCN(Cc1ccoc1)C(=O)[C@H]1COc2ccccc2O1. The van der Waals surface area contributed by atoms with Gasteiger partial charge in [-0.1, -0.05) is 25.5 Å². The first-order valence-corrected chi connectivity index (χ1v) is 7.96. The standard InChI is InChI=1S/C18H21NO4/c1-2-3-9-19(11-14-8-10-21-12-14)18(20)17-13-22-15-6-4-5-7-16(15)23-17/h4-8,10,12,17H,2-3,9,11,13H2,1H3/t17-/m1/s1. The third-order valence-electron chi connectivity index (χ3n) is 3.83. The number of fused-ring (bicyclic) bond motifs is 1. The molecule has 0 bridgehead atoms. The van der Waals surface area contributed by atoms with Gasteiger partial charge in [0, 0.05) is 18.7 Å². The maximum absolute atomic E-state index is 12.8. The quantitative estimate of drug-likeness (QED) is 0.821. The van der Waals surface area contributed by atoms with Gasteiger partial charge in [-0.3, -0.25) is 4.79 Å². The zero-order valence-electron chi connectivity index (χ0n) is 13.2. The highest BCUT2D eigenvalue weighted by atomic mass is 16.6. The molecule has 2 heterocycles. The van der Waals surface area contributed by atoms with E-state index in [4.69, 9.17) is 13.9 Å². The molecule has 1 amide bonds. The fraction of sp³-hybridized carbons (Fsp3) is 0.389. The highest BCUT2D eigenvalue weighted by Crippen LogP contribution is 2.31. The Kier molecular flexibility index (Phi) is 4.86. The summed E-state index contributed by atoms with van der Waals surface area (Å²) in [7, 11) is 0. The normalized spacial score (nSPS) is 16.1. The summed E-state index contributed by atoms with van der Waals surface area (Å²) in [6, 6.07) is 9.30. The van der Waals surface area contributed by atoms with E-state index in [9.17, 15) is 4.79 Å². The Morgan fingerprint density at radius 2 is 2.09 bits per heavy atom. The molecular weight excluding hydrogens is 294 g/mol. The van der Waals surface area contributed by atoms with E-state index in [2.05, 4.69) is 6.92 Å². The third kappa shape index (κ3) is 3.67. The Balaban J connectivity index is 1.70. The summed E-state index contributed by atoms with van der Waals surface area (Å²) < 4.78 is 16.6. The molecule has 1 aliphatic rings. The Morgan fingerprint density at radius 3 is 2.83 bits per heavy atom. The van der Waals surface area contributed by atoms with Crippen LogP contribution >= 0.6 is 0 Å². The van der Waals surface area contributed by atoms with E-state index in [0.29, 0.717) is 24.6 Å². The maximum atomic E-state index is 12.8. The number of carbonyl (C=O) groups is 1. The topological polar surface area (TPSA) is 51.9 Å². The van der Waals surface area contributed by atoms with Crippen LogP contribution in [0.15, 0.2) is 47.3 Å². The van der Waals surface area contributed by atoms with Crippen molar-refractivity contribution >= 4 is 5.91 Å². The monoisotopic (exact) mass is 315 g/mol. The van der Waals surface area contributed by atoms with Crippen molar-refractivity contribution in [2.75, 3.05) is 13.2 Å². The largest absolute Gasteiger partial charge is 0.485 e. The van der Waals surface area contributed by atoms with Crippen molar-refractivity contribution in [3.63, 3.8) is 0 Å². The van der Waals surface area contributed by atoms with E-state index in [1.54, 1.807) is 12.5 Å². The molecule has 0 N–H and O–H groups in total. The molecule has 0 spiro atoms. The zero-order valence-corrected chi connectivity index (χ0v) is 13.2. The van der Waals surface area contributed by atoms with Crippen molar-refractivity contribution in [1.82, 2.24) is 4.90 Å². The van der Waals surface area contributed by atoms with Gasteiger partial charge in [0.15, 0.2) is 11.5 Å². The number of ether oxygens (including phenoxy) is 2. The molecule has 5 nitrogen and oxygen atoms in total. The number of unbranched alkanes of at least 4 members (excludes halogenated alkanes) is 1. The molecule has 0 aliphatic carbocycles. The molecule has 0 fully saturated rings. The molecule has 1 aliphatic heterocycles. The van der Waals surface area contributed by atoms with Gasteiger partial charge in [-0.25, -0.2) is 0 Å². The van der Waals surface area contributed by atoms with E-state index < -0.39 is 6.10 Å². The average molecular weight is 315 g/mol. The lowest BCUT2D eigenvalue weighted by molar-refractivity contribution is -0.142. The molecule has 0 saturated carbocycles. The average Bonchev–Trinajstić information content (AvgIpc) is 3.10. The Hall–Kier alpha value is -2.43. The van der Waals surface area contributed by atoms with E-state index in [-0.39, 0.29) is 12.5 Å². The summed E-state index contributed by atoms with van der Waals surface area (Å²) >= 11 is 0. The predicted octanol–water partition coefficient (Wildman–Crippen LogP) is 3.25. The number of furan rings is 1. The fourth-order valence-electron chi connectivity index (χ4n) is 2.56.